The number of halogens is 2. The van der Waals surface area contributed by atoms with Gasteiger partial charge < -0.3 is 21.7 Å². The highest BCUT2D eigenvalue weighted by atomic mass is 79.9. The summed E-state index contributed by atoms with van der Waals surface area (Å²) in [4.78, 5) is 0. The third-order valence-corrected chi connectivity index (χ3v) is 3.85. The Morgan fingerprint density at radius 3 is 2.46 bits per heavy atom. The van der Waals surface area contributed by atoms with E-state index in [1.807, 2.05) is 0 Å². The van der Waals surface area contributed by atoms with Crippen LogP contribution in [-0.2, 0) is 4.74 Å². The molecule has 78 valence electrons. The Labute approximate surface area is 99.1 Å². The third-order valence-electron chi connectivity index (χ3n) is 3.30. The van der Waals surface area contributed by atoms with Crippen molar-refractivity contribution in [3.05, 3.63) is 0 Å². The second kappa shape index (κ2) is 5.10. The summed E-state index contributed by atoms with van der Waals surface area (Å²) in [5.41, 5.74) is 0. The van der Waals surface area contributed by atoms with Gasteiger partial charge in [0.2, 0.25) is 6.23 Å². The van der Waals surface area contributed by atoms with Crippen molar-refractivity contribution in [2.24, 2.45) is 0 Å². The van der Waals surface area contributed by atoms with Gasteiger partial charge in [0.05, 0.1) is 18.4 Å². The summed E-state index contributed by atoms with van der Waals surface area (Å²) in [6, 6.07) is 0. The minimum absolute atomic E-state index is 0. The van der Waals surface area contributed by atoms with Crippen LogP contribution in [0.1, 0.15) is 19.3 Å². The molecule has 2 rings (SSSR count). The highest BCUT2D eigenvalue weighted by Crippen LogP contribution is 2.28. The highest BCUT2D eigenvalue weighted by Gasteiger charge is 2.42. The van der Waals surface area contributed by atoms with E-state index in [4.69, 9.17) is 4.74 Å². The number of hydrogen-bond acceptors (Lipinski definition) is 1. The SMILES string of the molecule is BrCC1OCC[N+]12CCCCC2.[Br-]. The Morgan fingerprint density at radius 2 is 1.85 bits per heavy atom. The predicted octanol–water partition coefficient (Wildman–Crippen LogP) is -1.26. The molecule has 0 aromatic carbocycles. The van der Waals surface area contributed by atoms with Crippen LogP contribution >= 0.6 is 15.9 Å². The van der Waals surface area contributed by atoms with Gasteiger partial charge in [-0.05, 0) is 19.3 Å². The Hall–Kier alpha value is 0.880. The van der Waals surface area contributed by atoms with Crippen LogP contribution in [0.2, 0.25) is 0 Å². The van der Waals surface area contributed by atoms with Crippen molar-refractivity contribution < 1.29 is 26.2 Å². The maximum atomic E-state index is 5.72. The van der Waals surface area contributed by atoms with Crippen LogP contribution in [0.3, 0.4) is 0 Å². The minimum atomic E-state index is 0. The molecule has 2 nitrogen and oxygen atoms in total. The van der Waals surface area contributed by atoms with Crippen LogP contribution in [0.25, 0.3) is 0 Å². The fourth-order valence-electron chi connectivity index (χ4n) is 2.52. The van der Waals surface area contributed by atoms with Gasteiger partial charge >= 0.3 is 0 Å². The van der Waals surface area contributed by atoms with Crippen LogP contribution < -0.4 is 17.0 Å². The molecule has 2 heterocycles. The Morgan fingerprint density at radius 1 is 1.15 bits per heavy atom. The molecule has 1 unspecified atom stereocenters. The summed E-state index contributed by atoms with van der Waals surface area (Å²) in [6.07, 6.45) is 4.67. The van der Waals surface area contributed by atoms with Gasteiger partial charge in [-0.1, -0.05) is 15.9 Å². The first-order valence-corrected chi connectivity index (χ1v) is 6.03. The number of quaternary nitrogens is 1. The van der Waals surface area contributed by atoms with Gasteiger partial charge in [-0.15, -0.1) is 0 Å². The third kappa shape index (κ3) is 2.28. The predicted molar refractivity (Wildman–Crippen MR) is 52.2 cm³/mol. The monoisotopic (exact) mass is 313 g/mol. The lowest BCUT2D eigenvalue weighted by molar-refractivity contribution is -0.951. The Kier molecular flexibility index (Phi) is 4.69. The van der Waals surface area contributed by atoms with E-state index in [2.05, 4.69) is 15.9 Å². The zero-order chi connectivity index (χ0) is 8.44. The normalized spacial score (nSPS) is 31.6. The molecule has 2 fully saturated rings. The first-order valence-electron chi connectivity index (χ1n) is 4.91. The molecule has 2 aliphatic heterocycles. The van der Waals surface area contributed by atoms with Crippen molar-refractivity contribution in [3.63, 3.8) is 0 Å². The second-order valence-electron chi connectivity index (χ2n) is 3.93. The first kappa shape index (κ1) is 12.0. The average Bonchev–Trinajstić information content (AvgIpc) is 2.49. The molecule has 0 aromatic rings. The van der Waals surface area contributed by atoms with Crippen LogP contribution in [0.5, 0.6) is 0 Å². The number of ether oxygens (including phenoxy) is 1. The molecule has 0 bridgehead atoms. The van der Waals surface area contributed by atoms with E-state index in [9.17, 15) is 0 Å². The van der Waals surface area contributed by atoms with E-state index in [0.29, 0.717) is 6.23 Å². The van der Waals surface area contributed by atoms with E-state index in [0.717, 1.165) is 11.9 Å². The molecular formula is C9H17Br2NO. The molecule has 0 saturated carbocycles. The van der Waals surface area contributed by atoms with E-state index in [1.165, 1.54) is 43.4 Å². The maximum absolute atomic E-state index is 5.72. The highest BCUT2D eigenvalue weighted by molar-refractivity contribution is 9.09. The second-order valence-corrected chi connectivity index (χ2v) is 4.58. The minimum Gasteiger partial charge on any atom is -1.00 e. The molecule has 0 aromatic heterocycles. The first-order chi connectivity index (χ1) is 5.87. The molecule has 0 aliphatic carbocycles. The van der Waals surface area contributed by atoms with E-state index in [1.54, 1.807) is 0 Å². The summed E-state index contributed by atoms with van der Waals surface area (Å²) in [5, 5.41) is 1.01. The van der Waals surface area contributed by atoms with Crippen molar-refractivity contribution in [1.82, 2.24) is 0 Å². The van der Waals surface area contributed by atoms with Crippen molar-refractivity contribution in [3.8, 4) is 0 Å². The summed E-state index contributed by atoms with van der Waals surface area (Å²) < 4.78 is 6.96. The van der Waals surface area contributed by atoms with E-state index >= 15 is 0 Å². The number of piperidine rings is 1. The van der Waals surface area contributed by atoms with E-state index in [-0.39, 0.29) is 17.0 Å². The average molecular weight is 315 g/mol. The summed E-state index contributed by atoms with van der Waals surface area (Å²) >= 11 is 3.55. The molecule has 13 heavy (non-hydrogen) atoms. The lowest BCUT2D eigenvalue weighted by atomic mass is 10.1. The fourth-order valence-corrected chi connectivity index (χ4v) is 3.32. The van der Waals surface area contributed by atoms with Crippen molar-refractivity contribution in [2.45, 2.75) is 25.5 Å². The zero-order valence-electron chi connectivity index (χ0n) is 7.85. The molecule has 1 atom stereocenters. The molecule has 0 radical (unpaired) electrons. The fraction of sp³-hybridized carbons (Fsp3) is 1.00. The summed E-state index contributed by atoms with van der Waals surface area (Å²) in [5.74, 6) is 0. The van der Waals surface area contributed by atoms with E-state index < -0.39 is 0 Å². The molecule has 2 saturated heterocycles. The molecular weight excluding hydrogens is 298 g/mol. The number of hydrogen-bond donors (Lipinski definition) is 0. The summed E-state index contributed by atoms with van der Waals surface area (Å²) in [7, 11) is 0. The number of nitrogens with zero attached hydrogens (tertiary/aromatic N) is 1. The number of alkyl halides is 1. The molecule has 0 amide bonds. The smallest absolute Gasteiger partial charge is 0.203 e. The van der Waals surface area contributed by atoms with Gasteiger partial charge in [0, 0.05) is 0 Å². The Balaban J connectivity index is 0.000000845. The largest absolute Gasteiger partial charge is 1.00 e. The lowest BCUT2D eigenvalue weighted by Crippen LogP contribution is -3.00. The van der Waals surface area contributed by atoms with Crippen molar-refractivity contribution in [1.29, 1.82) is 0 Å². The van der Waals surface area contributed by atoms with Gasteiger partial charge in [0.1, 0.15) is 13.2 Å². The maximum Gasteiger partial charge on any atom is 0.203 e. The van der Waals surface area contributed by atoms with Crippen LogP contribution in [0.4, 0.5) is 0 Å². The van der Waals surface area contributed by atoms with Crippen LogP contribution in [0, 0.1) is 0 Å². The van der Waals surface area contributed by atoms with Crippen LogP contribution in [0.15, 0.2) is 0 Å². The standard InChI is InChI=1S/C9H17BrNO.BrH/c10-8-9-11(6-7-12-9)4-2-1-3-5-11;/h9H,1-8H2;1H/q+1;/p-1. The lowest BCUT2D eigenvalue weighted by Gasteiger charge is -2.40. The number of rotatable bonds is 1. The van der Waals surface area contributed by atoms with Gasteiger partial charge in [-0.25, -0.2) is 0 Å². The molecule has 0 N–H and O–H groups in total. The van der Waals surface area contributed by atoms with Crippen LogP contribution in [-0.4, -0.2) is 42.3 Å². The van der Waals surface area contributed by atoms with Crippen molar-refractivity contribution >= 4 is 15.9 Å². The molecule has 4 heteroatoms. The molecule has 1 spiro atoms. The quantitative estimate of drug-likeness (QED) is 0.434. The van der Waals surface area contributed by atoms with Gasteiger partial charge in [0.15, 0.2) is 0 Å². The molecule has 2 aliphatic rings. The van der Waals surface area contributed by atoms with Crippen molar-refractivity contribution in [2.75, 3.05) is 31.6 Å². The zero-order valence-corrected chi connectivity index (χ0v) is 11.0. The summed E-state index contributed by atoms with van der Waals surface area (Å²) in [6.45, 7) is 4.90. The van der Waals surface area contributed by atoms with Gasteiger partial charge in [-0.2, -0.15) is 0 Å². The van der Waals surface area contributed by atoms with Gasteiger partial charge in [0.25, 0.3) is 0 Å². The topological polar surface area (TPSA) is 9.23 Å². The Bertz CT molecular complexity index is 160. The van der Waals surface area contributed by atoms with Gasteiger partial charge in [-0.3, -0.25) is 4.48 Å².